The molecule has 4 aromatic rings. The molecular formula is C21H14BrN3O. The van der Waals surface area contributed by atoms with Crippen molar-refractivity contribution in [1.29, 1.82) is 5.26 Å². The molecule has 0 N–H and O–H groups in total. The third kappa shape index (κ3) is 3.32. The summed E-state index contributed by atoms with van der Waals surface area (Å²) in [6.07, 6.45) is 3.53. The Morgan fingerprint density at radius 1 is 1.12 bits per heavy atom. The second kappa shape index (κ2) is 7.03. The Morgan fingerprint density at radius 2 is 1.92 bits per heavy atom. The zero-order chi connectivity index (χ0) is 17.9. The Morgan fingerprint density at radius 3 is 2.73 bits per heavy atom. The standard InChI is InChI=1S/C21H14BrN3O/c22-17-7-5-16(6-8-17)21-10-9-18(26-21)11-15(12-23)13-25-14-24-19-3-1-2-4-20(19)25/h1-11,14H,13H2/b15-11-. The zero-order valence-electron chi connectivity index (χ0n) is 13.8. The lowest BCUT2D eigenvalue weighted by atomic mass is 10.2. The number of para-hydroxylation sites is 2. The Bertz CT molecular complexity index is 1130. The lowest BCUT2D eigenvalue weighted by molar-refractivity contribution is 0.571. The summed E-state index contributed by atoms with van der Waals surface area (Å²) in [5, 5.41) is 9.51. The SMILES string of the molecule is N#C/C(=C/c1ccc(-c2ccc(Br)cc2)o1)Cn1cnc2ccccc21. The van der Waals surface area contributed by atoms with Gasteiger partial charge in [-0.15, -0.1) is 0 Å². The van der Waals surface area contributed by atoms with Gasteiger partial charge in [0, 0.05) is 10.0 Å². The molecule has 0 unspecified atom stereocenters. The minimum Gasteiger partial charge on any atom is -0.457 e. The highest BCUT2D eigenvalue weighted by atomic mass is 79.9. The summed E-state index contributed by atoms with van der Waals surface area (Å²) in [5.41, 5.74) is 3.51. The Balaban J connectivity index is 1.60. The minimum atomic E-state index is 0.450. The van der Waals surface area contributed by atoms with E-state index in [9.17, 15) is 5.26 Å². The number of hydrogen-bond donors (Lipinski definition) is 0. The first-order chi connectivity index (χ1) is 12.7. The van der Waals surface area contributed by atoms with Crippen LogP contribution in [0.3, 0.4) is 0 Å². The van der Waals surface area contributed by atoms with Gasteiger partial charge < -0.3 is 8.98 Å². The van der Waals surface area contributed by atoms with Crippen LogP contribution in [0.15, 0.2) is 81.5 Å². The summed E-state index contributed by atoms with van der Waals surface area (Å²) in [7, 11) is 0. The highest BCUT2D eigenvalue weighted by molar-refractivity contribution is 9.10. The van der Waals surface area contributed by atoms with E-state index in [0.29, 0.717) is 17.9 Å². The number of nitrogens with zero attached hydrogens (tertiary/aromatic N) is 3. The van der Waals surface area contributed by atoms with Gasteiger partial charge in [0.25, 0.3) is 0 Å². The van der Waals surface area contributed by atoms with Crippen LogP contribution in [0.25, 0.3) is 28.4 Å². The van der Waals surface area contributed by atoms with Crippen molar-refractivity contribution in [2.75, 3.05) is 0 Å². The summed E-state index contributed by atoms with van der Waals surface area (Å²) in [5.74, 6) is 1.43. The molecule has 0 spiro atoms. The van der Waals surface area contributed by atoms with E-state index in [1.54, 1.807) is 12.4 Å². The molecular weight excluding hydrogens is 390 g/mol. The average molecular weight is 404 g/mol. The molecule has 0 bridgehead atoms. The van der Waals surface area contributed by atoms with E-state index < -0.39 is 0 Å². The van der Waals surface area contributed by atoms with Crippen LogP contribution in [-0.4, -0.2) is 9.55 Å². The number of aromatic nitrogens is 2. The first-order valence-corrected chi connectivity index (χ1v) is 8.88. The molecule has 0 amide bonds. The van der Waals surface area contributed by atoms with Crippen LogP contribution in [0.1, 0.15) is 5.76 Å². The fourth-order valence-corrected chi connectivity index (χ4v) is 3.07. The van der Waals surface area contributed by atoms with E-state index in [4.69, 9.17) is 4.42 Å². The Hall–Kier alpha value is -3.10. The molecule has 2 aromatic carbocycles. The molecule has 4 nitrogen and oxygen atoms in total. The maximum atomic E-state index is 9.51. The van der Waals surface area contributed by atoms with Crippen molar-refractivity contribution in [2.45, 2.75) is 6.54 Å². The molecule has 2 aromatic heterocycles. The second-order valence-electron chi connectivity index (χ2n) is 5.85. The molecule has 0 atom stereocenters. The molecule has 0 fully saturated rings. The largest absolute Gasteiger partial charge is 0.457 e. The fourth-order valence-electron chi connectivity index (χ4n) is 2.80. The van der Waals surface area contributed by atoms with Gasteiger partial charge in [-0.1, -0.05) is 40.2 Å². The number of furan rings is 1. The molecule has 0 aliphatic carbocycles. The molecule has 0 aliphatic rings. The average Bonchev–Trinajstić information content (AvgIpc) is 3.29. The second-order valence-corrected chi connectivity index (χ2v) is 6.77. The highest BCUT2D eigenvalue weighted by Gasteiger charge is 2.07. The van der Waals surface area contributed by atoms with E-state index in [1.807, 2.05) is 65.2 Å². The topological polar surface area (TPSA) is 54.8 Å². The maximum absolute atomic E-state index is 9.51. The van der Waals surface area contributed by atoms with Gasteiger partial charge in [-0.3, -0.25) is 0 Å². The molecule has 0 aliphatic heterocycles. The number of hydrogen-bond acceptors (Lipinski definition) is 3. The van der Waals surface area contributed by atoms with Crippen LogP contribution < -0.4 is 0 Å². The van der Waals surface area contributed by atoms with Gasteiger partial charge in [-0.05, 0) is 42.5 Å². The van der Waals surface area contributed by atoms with Crippen LogP contribution in [0.2, 0.25) is 0 Å². The monoisotopic (exact) mass is 403 g/mol. The first kappa shape index (κ1) is 16.4. The fraction of sp³-hybridized carbons (Fsp3) is 0.0476. The quantitative estimate of drug-likeness (QED) is 0.412. The van der Waals surface area contributed by atoms with Crippen molar-refractivity contribution in [3.05, 3.63) is 82.8 Å². The van der Waals surface area contributed by atoms with E-state index in [-0.39, 0.29) is 0 Å². The zero-order valence-corrected chi connectivity index (χ0v) is 15.3. The molecule has 0 saturated carbocycles. The van der Waals surface area contributed by atoms with Crippen molar-refractivity contribution in [3.8, 4) is 17.4 Å². The van der Waals surface area contributed by atoms with E-state index in [2.05, 4.69) is 27.0 Å². The third-order valence-electron chi connectivity index (χ3n) is 4.08. The van der Waals surface area contributed by atoms with Crippen molar-refractivity contribution in [2.24, 2.45) is 0 Å². The summed E-state index contributed by atoms with van der Waals surface area (Å²) in [6.45, 7) is 0.450. The van der Waals surface area contributed by atoms with Crippen LogP contribution in [0, 0.1) is 11.3 Å². The summed E-state index contributed by atoms with van der Waals surface area (Å²) < 4.78 is 8.86. The first-order valence-electron chi connectivity index (χ1n) is 8.09. The van der Waals surface area contributed by atoms with Crippen LogP contribution in [0.5, 0.6) is 0 Å². The summed E-state index contributed by atoms with van der Waals surface area (Å²) in [4.78, 5) is 4.36. The predicted molar refractivity (Wildman–Crippen MR) is 105 cm³/mol. The van der Waals surface area contributed by atoms with Crippen LogP contribution in [-0.2, 0) is 6.54 Å². The molecule has 4 rings (SSSR count). The number of nitriles is 1. The van der Waals surface area contributed by atoms with E-state index >= 15 is 0 Å². The van der Waals surface area contributed by atoms with E-state index in [0.717, 1.165) is 26.8 Å². The molecule has 5 heteroatoms. The number of imidazole rings is 1. The molecule has 26 heavy (non-hydrogen) atoms. The number of allylic oxidation sites excluding steroid dienone is 1. The van der Waals surface area contributed by atoms with Crippen LogP contribution >= 0.6 is 15.9 Å². The lowest BCUT2D eigenvalue weighted by Crippen LogP contribution is -1.98. The Kier molecular flexibility index (Phi) is 4.42. The smallest absolute Gasteiger partial charge is 0.134 e. The molecule has 2 heterocycles. The predicted octanol–water partition coefficient (Wildman–Crippen LogP) is 5.67. The van der Waals surface area contributed by atoms with Crippen molar-refractivity contribution >= 4 is 33.0 Å². The van der Waals surface area contributed by atoms with Gasteiger partial charge in [-0.2, -0.15) is 5.26 Å². The maximum Gasteiger partial charge on any atom is 0.134 e. The molecule has 126 valence electrons. The molecule has 0 saturated heterocycles. The third-order valence-corrected chi connectivity index (χ3v) is 4.61. The number of fused-ring (bicyclic) bond motifs is 1. The van der Waals surface area contributed by atoms with Crippen molar-refractivity contribution < 1.29 is 4.42 Å². The van der Waals surface area contributed by atoms with E-state index in [1.165, 1.54) is 0 Å². The number of rotatable bonds is 4. The Labute approximate surface area is 159 Å². The normalized spacial score (nSPS) is 11.6. The van der Waals surface area contributed by atoms with Crippen molar-refractivity contribution in [1.82, 2.24) is 9.55 Å². The number of benzene rings is 2. The number of halogens is 1. The highest BCUT2D eigenvalue weighted by Crippen LogP contribution is 2.25. The van der Waals surface area contributed by atoms with Gasteiger partial charge in [0.1, 0.15) is 11.5 Å². The summed E-state index contributed by atoms with van der Waals surface area (Å²) >= 11 is 3.43. The lowest BCUT2D eigenvalue weighted by Gasteiger charge is -2.02. The summed E-state index contributed by atoms with van der Waals surface area (Å²) in [6, 6.07) is 21.8. The van der Waals surface area contributed by atoms with Gasteiger partial charge >= 0.3 is 0 Å². The van der Waals surface area contributed by atoms with Gasteiger partial charge in [-0.25, -0.2) is 4.98 Å². The van der Waals surface area contributed by atoms with Crippen LogP contribution in [0.4, 0.5) is 0 Å². The van der Waals surface area contributed by atoms with Gasteiger partial charge in [0.2, 0.25) is 0 Å². The van der Waals surface area contributed by atoms with Gasteiger partial charge in [0.05, 0.1) is 35.5 Å². The molecule has 0 radical (unpaired) electrons. The minimum absolute atomic E-state index is 0.450. The van der Waals surface area contributed by atoms with Gasteiger partial charge in [0.15, 0.2) is 0 Å². The van der Waals surface area contributed by atoms with Crippen molar-refractivity contribution in [3.63, 3.8) is 0 Å².